The third kappa shape index (κ3) is 3.31. The van der Waals surface area contributed by atoms with Gasteiger partial charge in [-0.05, 0) is 24.6 Å². The third-order valence-corrected chi connectivity index (χ3v) is 5.24. The largest absolute Gasteiger partial charge is 0.496 e. The molecule has 0 saturated carbocycles. The number of aromatic nitrogens is 1. The molecule has 142 valence electrons. The monoisotopic (exact) mass is 374 g/mol. The molecule has 3 aromatic rings. The lowest BCUT2D eigenvalue weighted by Gasteiger charge is -2.12. The van der Waals surface area contributed by atoms with Crippen LogP contribution in [0.2, 0.25) is 0 Å². The number of amides is 1. The second-order valence-electron chi connectivity index (χ2n) is 6.86. The van der Waals surface area contributed by atoms with Gasteiger partial charge in [0.15, 0.2) is 0 Å². The van der Waals surface area contributed by atoms with Crippen LogP contribution in [0, 0.1) is 0 Å². The highest BCUT2D eigenvalue weighted by atomic mass is 16.5. The Bertz CT molecular complexity index is 1010. The summed E-state index contributed by atoms with van der Waals surface area (Å²) >= 11 is 0. The summed E-state index contributed by atoms with van der Waals surface area (Å²) in [4.78, 5) is 25.6. The standard InChI is InChI=1S/C23H22N2O3/c1-28-21-10-6-5-9-17(21)15-24-23(27)18-13-14-25-19(18)11-12-20(25)22(26)16-7-3-2-4-8-16/h2-12,18H,13-15H2,1H3,(H,24,27). The number of carbonyl (C=O) groups is 2. The van der Waals surface area contributed by atoms with Crippen LogP contribution in [0.5, 0.6) is 5.75 Å². The number of carbonyl (C=O) groups excluding carboxylic acids is 2. The third-order valence-electron chi connectivity index (χ3n) is 5.24. The van der Waals surface area contributed by atoms with E-state index in [1.54, 1.807) is 7.11 Å². The number of ether oxygens (including phenoxy) is 1. The van der Waals surface area contributed by atoms with Gasteiger partial charge in [0.05, 0.1) is 18.7 Å². The van der Waals surface area contributed by atoms with Crippen LogP contribution in [-0.4, -0.2) is 23.4 Å². The zero-order chi connectivity index (χ0) is 19.5. The molecule has 0 spiro atoms. The Hall–Kier alpha value is -3.34. The van der Waals surface area contributed by atoms with Gasteiger partial charge in [0.1, 0.15) is 5.75 Å². The van der Waals surface area contributed by atoms with E-state index in [0.29, 0.717) is 30.8 Å². The number of nitrogens with one attached hydrogen (secondary N) is 1. The first kappa shape index (κ1) is 18.0. The van der Waals surface area contributed by atoms with Crippen molar-refractivity contribution in [3.8, 4) is 5.75 Å². The zero-order valence-corrected chi connectivity index (χ0v) is 15.7. The molecule has 0 fully saturated rings. The molecule has 0 bridgehead atoms. The number of nitrogens with zero attached hydrogens (tertiary/aromatic N) is 1. The van der Waals surface area contributed by atoms with Crippen molar-refractivity contribution in [3.63, 3.8) is 0 Å². The van der Waals surface area contributed by atoms with Crippen molar-refractivity contribution < 1.29 is 14.3 Å². The summed E-state index contributed by atoms with van der Waals surface area (Å²) in [6, 6.07) is 20.6. The normalized spacial score (nSPS) is 15.1. The van der Waals surface area contributed by atoms with Crippen molar-refractivity contribution in [2.75, 3.05) is 7.11 Å². The molecule has 1 atom stereocenters. The molecule has 1 N–H and O–H groups in total. The summed E-state index contributed by atoms with van der Waals surface area (Å²) < 4.78 is 7.31. The minimum absolute atomic E-state index is 0.0121. The summed E-state index contributed by atoms with van der Waals surface area (Å²) in [7, 11) is 1.62. The van der Waals surface area contributed by atoms with Crippen molar-refractivity contribution in [2.24, 2.45) is 0 Å². The highest BCUT2D eigenvalue weighted by molar-refractivity contribution is 6.08. The number of fused-ring (bicyclic) bond motifs is 1. The average molecular weight is 374 g/mol. The van der Waals surface area contributed by atoms with E-state index in [-0.39, 0.29) is 17.6 Å². The van der Waals surface area contributed by atoms with E-state index >= 15 is 0 Å². The summed E-state index contributed by atoms with van der Waals surface area (Å²) in [6.45, 7) is 1.08. The lowest BCUT2D eigenvalue weighted by molar-refractivity contribution is -0.122. The van der Waals surface area contributed by atoms with Gasteiger partial charge in [-0.2, -0.15) is 0 Å². The molecular weight excluding hydrogens is 352 g/mol. The maximum Gasteiger partial charge on any atom is 0.229 e. The molecule has 1 unspecified atom stereocenters. The molecule has 5 nitrogen and oxygen atoms in total. The van der Waals surface area contributed by atoms with E-state index in [4.69, 9.17) is 4.74 Å². The molecule has 0 radical (unpaired) electrons. The van der Waals surface area contributed by atoms with Gasteiger partial charge in [-0.15, -0.1) is 0 Å². The lowest BCUT2D eigenvalue weighted by atomic mass is 10.0. The fraction of sp³-hybridized carbons (Fsp3) is 0.217. The van der Waals surface area contributed by atoms with Crippen molar-refractivity contribution in [3.05, 3.63) is 89.2 Å². The summed E-state index contributed by atoms with van der Waals surface area (Å²) in [5.41, 5.74) is 3.14. The molecule has 4 rings (SSSR count). The number of ketones is 1. The summed E-state index contributed by atoms with van der Waals surface area (Å²) in [5.74, 6) is 0.476. The fourth-order valence-electron chi connectivity index (χ4n) is 3.80. The number of rotatable bonds is 6. The number of benzene rings is 2. The van der Waals surface area contributed by atoms with Crippen LogP contribution in [0.25, 0.3) is 0 Å². The second-order valence-corrected chi connectivity index (χ2v) is 6.86. The van der Waals surface area contributed by atoms with Gasteiger partial charge in [-0.1, -0.05) is 48.5 Å². The van der Waals surface area contributed by atoms with Crippen molar-refractivity contribution in [1.82, 2.24) is 9.88 Å². The minimum Gasteiger partial charge on any atom is -0.496 e. The van der Waals surface area contributed by atoms with Crippen LogP contribution in [-0.2, 0) is 17.9 Å². The average Bonchev–Trinajstić information content (AvgIpc) is 3.34. The molecule has 5 heteroatoms. The van der Waals surface area contributed by atoms with Crippen molar-refractivity contribution >= 4 is 11.7 Å². The van der Waals surface area contributed by atoms with Crippen LogP contribution < -0.4 is 10.1 Å². The molecular formula is C23H22N2O3. The Labute approximate surface area is 163 Å². The van der Waals surface area contributed by atoms with E-state index in [0.717, 1.165) is 17.0 Å². The maximum atomic E-state index is 12.8. The summed E-state index contributed by atoms with van der Waals surface area (Å²) in [6.07, 6.45) is 0.697. The van der Waals surface area contributed by atoms with E-state index < -0.39 is 0 Å². The Kier molecular flexibility index (Phi) is 4.98. The highest BCUT2D eigenvalue weighted by Gasteiger charge is 2.31. The van der Waals surface area contributed by atoms with Gasteiger partial charge < -0.3 is 14.6 Å². The number of hydrogen-bond donors (Lipinski definition) is 1. The van der Waals surface area contributed by atoms with Gasteiger partial charge in [-0.3, -0.25) is 9.59 Å². The van der Waals surface area contributed by atoms with Gasteiger partial charge >= 0.3 is 0 Å². The van der Waals surface area contributed by atoms with E-state index in [9.17, 15) is 9.59 Å². The summed E-state index contributed by atoms with van der Waals surface area (Å²) in [5, 5.41) is 3.01. The molecule has 1 amide bonds. The van der Waals surface area contributed by atoms with Crippen LogP contribution >= 0.6 is 0 Å². The van der Waals surface area contributed by atoms with Gasteiger partial charge in [0.2, 0.25) is 11.7 Å². The first-order valence-electron chi connectivity index (χ1n) is 9.38. The zero-order valence-electron chi connectivity index (χ0n) is 15.7. The lowest BCUT2D eigenvalue weighted by Crippen LogP contribution is -2.28. The molecule has 1 aliphatic rings. The molecule has 0 aliphatic carbocycles. The minimum atomic E-state index is -0.243. The molecule has 28 heavy (non-hydrogen) atoms. The maximum absolute atomic E-state index is 12.8. The van der Waals surface area contributed by atoms with Crippen LogP contribution in [0.4, 0.5) is 0 Å². The van der Waals surface area contributed by atoms with Crippen LogP contribution in [0.3, 0.4) is 0 Å². The highest BCUT2D eigenvalue weighted by Crippen LogP contribution is 2.31. The molecule has 2 aromatic carbocycles. The van der Waals surface area contributed by atoms with Crippen molar-refractivity contribution in [2.45, 2.75) is 25.4 Å². The predicted octanol–water partition coefficient (Wildman–Crippen LogP) is 3.53. The van der Waals surface area contributed by atoms with Crippen LogP contribution in [0.1, 0.15) is 39.6 Å². The van der Waals surface area contributed by atoms with E-state index in [1.807, 2.05) is 71.3 Å². The van der Waals surface area contributed by atoms with Gasteiger partial charge in [-0.25, -0.2) is 0 Å². The Morgan fingerprint density at radius 3 is 2.57 bits per heavy atom. The van der Waals surface area contributed by atoms with Crippen molar-refractivity contribution in [1.29, 1.82) is 0 Å². The fourth-order valence-corrected chi connectivity index (χ4v) is 3.80. The van der Waals surface area contributed by atoms with Gasteiger partial charge in [0, 0.05) is 29.9 Å². The molecule has 1 aromatic heterocycles. The number of methoxy groups -OCH3 is 1. The topological polar surface area (TPSA) is 60.3 Å². The predicted molar refractivity (Wildman–Crippen MR) is 107 cm³/mol. The van der Waals surface area contributed by atoms with Crippen LogP contribution in [0.15, 0.2) is 66.7 Å². The number of hydrogen-bond acceptors (Lipinski definition) is 3. The molecule has 0 saturated heterocycles. The smallest absolute Gasteiger partial charge is 0.229 e. The van der Waals surface area contributed by atoms with E-state index in [2.05, 4.69) is 5.32 Å². The Balaban J connectivity index is 1.49. The van der Waals surface area contributed by atoms with E-state index in [1.165, 1.54) is 0 Å². The number of para-hydroxylation sites is 1. The SMILES string of the molecule is COc1ccccc1CNC(=O)C1CCn2c(C(=O)c3ccccc3)ccc21. The first-order chi connectivity index (χ1) is 13.7. The molecule has 1 aliphatic heterocycles. The second kappa shape index (κ2) is 7.72. The quantitative estimate of drug-likeness (QED) is 0.672. The first-order valence-corrected chi connectivity index (χ1v) is 9.38. The Morgan fingerprint density at radius 1 is 1.04 bits per heavy atom. The Morgan fingerprint density at radius 2 is 1.79 bits per heavy atom. The van der Waals surface area contributed by atoms with Gasteiger partial charge in [0.25, 0.3) is 0 Å². The molecule has 2 heterocycles.